The number of rotatable bonds is 3. The van der Waals surface area contributed by atoms with Gasteiger partial charge in [-0.05, 0) is 24.7 Å². The van der Waals surface area contributed by atoms with E-state index in [0.29, 0.717) is 0 Å². The summed E-state index contributed by atoms with van der Waals surface area (Å²) in [5.74, 6) is 1.96. The zero-order valence-electron chi connectivity index (χ0n) is 8.15. The normalized spacial score (nSPS) is 35.3. The van der Waals surface area contributed by atoms with Crippen molar-refractivity contribution >= 4 is 11.7 Å². The van der Waals surface area contributed by atoms with E-state index < -0.39 is 0 Å². The molecule has 1 aromatic rings. The van der Waals surface area contributed by atoms with Crippen LogP contribution in [0.15, 0.2) is 6.20 Å². The fraction of sp³-hybridized carbons (Fsp3) is 0.800. The van der Waals surface area contributed by atoms with E-state index in [9.17, 15) is 0 Å². The molecule has 0 aromatic carbocycles. The van der Waals surface area contributed by atoms with Crippen LogP contribution in [-0.4, -0.2) is 14.8 Å². The van der Waals surface area contributed by atoms with Crippen LogP contribution in [0.25, 0.3) is 0 Å². The van der Waals surface area contributed by atoms with Crippen molar-refractivity contribution in [1.82, 2.24) is 14.1 Å². The summed E-state index contributed by atoms with van der Waals surface area (Å²) in [7, 11) is 0. The van der Waals surface area contributed by atoms with Crippen LogP contribution in [-0.2, 0) is 6.54 Å². The van der Waals surface area contributed by atoms with Crippen LogP contribution in [0.2, 0.25) is 0 Å². The van der Waals surface area contributed by atoms with Gasteiger partial charge in [-0.2, -0.15) is 8.75 Å². The third-order valence-corrected chi connectivity index (χ3v) is 4.10. The summed E-state index contributed by atoms with van der Waals surface area (Å²) in [4.78, 5) is 0. The third kappa shape index (κ3) is 1.57. The SMILES string of the molecule is c1nsnc1CNC1C2CCCCC21. The van der Waals surface area contributed by atoms with Gasteiger partial charge < -0.3 is 5.32 Å². The second-order valence-corrected chi connectivity index (χ2v) is 4.97. The van der Waals surface area contributed by atoms with Gasteiger partial charge in [0.15, 0.2) is 0 Å². The summed E-state index contributed by atoms with van der Waals surface area (Å²) in [6.07, 6.45) is 7.63. The predicted molar refractivity (Wildman–Crippen MR) is 56.0 cm³/mol. The van der Waals surface area contributed by atoms with E-state index in [1.807, 2.05) is 6.20 Å². The first-order chi connectivity index (χ1) is 6.95. The summed E-state index contributed by atoms with van der Waals surface area (Å²) in [6.45, 7) is 0.911. The van der Waals surface area contributed by atoms with Crippen LogP contribution in [0.3, 0.4) is 0 Å². The van der Waals surface area contributed by atoms with Crippen LogP contribution >= 0.6 is 11.7 Å². The lowest BCUT2D eigenvalue weighted by Crippen LogP contribution is -2.18. The smallest absolute Gasteiger partial charge is 0.0880 e. The Kier molecular flexibility index (Phi) is 2.25. The van der Waals surface area contributed by atoms with Gasteiger partial charge in [0.05, 0.1) is 23.6 Å². The molecule has 1 heterocycles. The topological polar surface area (TPSA) is 37.8 Å². The van der Waals surface area contributed by atoms with Gasteiger partial charge in [0.1, 0.15) is 0 Å². The van der Waals surface area contributed by atoms with Crippen molar-refractivity contribution in [3.05, 3.63) is 11.9 Å². The van der Waals surface area contributed by atoms with Crippen molar-refractivity contribution in [2.24, 2.45) is 11.8 Å². The molecule has 3 nitrogen and oxygen atoms in total. The van der Waals surface area contributed by atoms with Crippen LogP contribution < -0.4 is 5.32 Å². The molecule has 1 N–H and O–H groups in total. The van der Waals surface area contributed by atoms with E-state index in [2.05, 4.69) is 14.1 Å². The zero-order valence-corrected chi connectivity index (χ0v) is 8.96. The fourth-order valence-corrected chi connectivity index (χ4v) is 3.21. The second kappa shape index (κ2) is 3.59. The third-order valence-electron chi connectivity index (χ3n) is 3.58. The van der Waals surface area contributed by atoms with Gasteiger partial charge in [0.2, 0.25) is 0 Å². The number of nitrogens with zero attached hydrogens (tertiary/aromatic N) is 2. The number of aromatic nitrogens is 2. The molecule has 0 aliphatic heterocycles. The number of hydrogen-bond donors (Lipinski definition) is 1. The molecular weight excluding hydrogens is 194 g/mol. The molecule has 2 aliphatic rings. The van der Waals surface area contributed by atoms with Crippen molar-refractivity contribution < 1.29 is 0 Å². The molecular formula is C10H15N3S. The largest absolute Gasteiger partial charge is 0.308 e. The van der Waals surface area contributed by atoms with E-state index in [4.69, 9.17) is 0 Å². The van der Waals surface area contributed by atoms with Gasteiger partial charge in [0, 0.05) is 12.6 Å². The Hall–Kier alpha value is -0.480. The van der Waals surface area contributed by atoms with Crippen molar-refractivity contribution in [2.45, 2.75) is 38.3 Å². The molecule has 2 fully saturated rings. The van der Waals surface area contributed by atoms with Crippen LogP contribution in [0.4, 0.5) is 0 Å². The Labute approximate surface area is 88.3 Å². The molecule has 0 amide bonds. The van der Waals surface area contributed by atoms with Crippen LogP contribution in [0.5, 0.6) is 0 Å². The number of nitrogens with one attached hydrogen (secondary N) is 1. The summed E-state index contributed by atoms with van der Waals surface area (Å²) in [5.41, 5.74) is 1.10. The van der Waals surface area contributed by atoms with Crippen molar-refractivity contribution in [2.75, 3.05) is 0 Å². The Bertz CT molecular complexity index is 286. The number of fused-ring (bicyclic) bond motifs is 1. The highest BCUT2D eigenvalue weighted by atomic mass is 32.1. The van der Waals surface area contributed by atoms with Gasteiger partial charge in [-0.15, -0.1) is 0 Å². The lowest BCUT2D eigenvalue weighted by Gasteiger charge is -2.04. The van der Waals surface area contributed by atoms with Crippen LogP contribution in [0.1, 0.15) is 31.4 Å². The van der Waals surface area contributed by atoms with Crippen molar-refractivity contribution in [3.8, 4) is 0 Å². The van der Waals surface area contributed by atoms with E-state index >= 15 is 0 Å². The molecule has 4 heteroatoms. The highest BCUT2D eigenvalue weighted by molar-refractivity contribution is 6.99. The molecule has 0 bridgehead atoms. The lowest BCUT2D eigenvalue weighted by atomic mass is 10.0. The van der Waals surface area contributed by atoms with Crippen molar-refractivity contribution in [3.63, 3.8) is 0 Å². The minimum absolute atomic E-state index is 0.791. The summed E-state index contributed by atoms with van der Waals surface area (Å²) in [6, 6.07) is 0.791. The maximum Gasteiger partial charge on any atom is 0.0880 e. The van der Waals surface area contributed by atoms with E-state index in [1.165, 1.54) is 37.4 Å². The molecule has 0 radical (unpaired) electrons. The van der Waals surface area contributed by atoms with Crippen molar-refractivity contribution in [1.29, 1.82) is 0 Å². The summed E-state index contributed by atoms with van der Waals surface area (Å²) >= 11 is 1.30. The highest BCUT2D eigenvalue weighted by Gasteiger charge is 2.49. The molecule has 2 unspecified atom stereocenters. The Morgan fingerprint density at radius 1 is 1.36 bits per heavy atom. The lowest BCUT2D eigenvalue weighted by molar-refractivity contribution is 0.480. The van der Waals surface area contributed by atoms with Gasteiger partial charge in [-0.1, -0.05) is 12.8 Å². The standard InChI is InChI=1S/C10H15N3S/c1-2-4-9-8(3-1)10(9)11-5-7-6-12-14-13-7/h6,8-11H,1-5H2. The summed E-state index contributed by atoms with van der Waals surface area (Å²) < 4.78 is 8.20. The van der Waals surface area contributed by atoms with E-state index in [1.54, 1.807) is 0 Å². The molecule has 1 aromatic heterocycles. The Morgan fingerprint density at radius 2 is 2.14 bits per heavy atom. The molecule has 2 atom stereocenters. The van der Waals surface area contributed by atoms with E-state index in [-0.39, 0.29) is 0 Å². The minimum Gasteiger partial charge on any atom is -0.308 e. The average Bonchev–Trinajstić information content (AvgIpc) is 2.69. The first-order valence-electron chi connectivity index (χ1n) is 5.45. The van der Waals surface area contributed by atoms with E-state index in [0.717, 1.165) is 30.1 Å². The Balaban J connectivity index is 1.50. The highest BCUT2D eigenvalue weighted by Crippen LogP contribution is 2.49. The molecule has 0 saturated heterocycles. The second-order valence-electron chi connectivity index (χ2n) is 4.42. The zero-order chi connectivity index (χ0) is 9.38. The van der Waals surface area contributed by atoms with Gasteiger partial charge >= 0.3 is 0 Å². The monoisotopic (exact) mass is 209 g/mol. The van der Waals surface area contributed by atoms with Gasteiger partial charge in [0.25, 0.3) is 0 Å². The molecule has 76 valence electrons. The minimum atomic E-state index is 0.791. The van der Waals surface area contributed by atoms with Gasteiger partial charge in [-0.25, -0.2) is 0 Å². The first-order valence-corrected chi connectivity index (χ1v) is 6.18. The number of hydrogen-bond acceptors (Lipinski definition) is 4. The maximum atomic E-state index is 4.20. The molecule has 14 heavy (non-hydrogen) atoms. The molecule has 2 aliphatic carbocycles. The Morgan fingerprint density at radius 3 is 2.79 bits per heavy atom. The first kappa shape index (κ1) is 8.80. The summed E-state index contributed by atoms with van der Waals surface area (Å²) in [5, 5.41) is 3.61. The van der Waals surface area contributed by atoms with Gasteiger partial charge in [-0.3, -0.25) is 0 Å². The maximum absolute atomic E-state index is 4.20. The quantitative estimate of drug-likeness (QED) is 0.825. The molecule has 0 spiro atoms. The average molecular weight is 209 g/mol. The molecule has 2 saturated carbocycles. The molecule has 3 rings (SSSR count). The van der Waals surface area contributed by atoms with Crippen LogP contribution in [0, 0.1) is 11.8 Å². The predicted octanol–water partition coefficient (Wildman–Crippen LogP) is 1.82. The fourth-order valence-electron chi connectivity index (χ4n) is 2.78.